The highest BCUT2D eigenvalue weighted by molar-refractivity contribution is 5.81. The first-order chi connectivity index (χ1) is 7.18. The Morgan fingerprint density at radius 1 is 1.47 bits per heavy atom. The molecule has 1 unspecified atom stereocenters. The molecule has 0 aliphatic rings. The van der Waals surface area contributed by atoms with Gasteiger partial charge < -0.3 is 11.5 Å². The van der Waals surface area contributed by atoms with Crippen LogP contribution in [0.2, 0.25) is 0 Å². The zero-order valence-corrected chi connectivity index (χ0v) is 8.13. The number of para-hydroxylation sites is 1. The zero-order valence-electron chi connectivity index (χ0n) is 8.13. The highest BCUT2D eigenvalue weighted by Crippen LogP contribution is 2.12. The van der Waals surface area contributed by atoms with Gasteiger partial charge in [0.15, 0.2) is 0 Å². The predicted molar refractivity (Wildman–Crippen MR) is 56.9 cm³/mol. The van der Waals surface area contributed by atoms with Crippen molar-refractivity contribution in [2.45, 2.75) is 12.6 Å². The van der Waals surface area contributed by atoms with Crippen LogP contribution in [0.25, 0.3) is 10.9 Å². The van der Waals surface area contributed by atoms with Gasteiger partial charge in [-0.2, -0.15) is 5.10 Å². The lowest BCUT2D eigenvalue weighted by atomic mass is 10.2. The van der Waals surface area contributed by atoms with E-state index in [9.17, 15) is 4.79 Å². The van der Waals surface area contributed by atoms with E-state index >= 15 is 0 Å². The van der Waals surface area contributed by atoms with Crippen LogP contribution in [0.5, 0.6) is 0 Å². The molecule has 0 spiro atoms. The van der Waals surface area contributed by atoms with Crippen molar-refractivity contribution < 1.29 is 4.79 Å². The summed E-state index contributed by atoms with van der Waals surface area (Å²) in [5.74, 6) is -0.519. The maximum atomic E-state index is 10.8. The molecule has 0 radical (unpaired) electrons. The van der Waals surface area contributed by atoms with Gasteiger partial charge in [-0.3, -0.25) is 9.48 Å². The molecule has 1 heterocycles. The van der Waals surface area contributed by atoms with Crippen molar-refractivity contribution in [1.29, 1.82) is 0 Å². The van der Waals surface area contributed by atoms with Crippen molar-refractivity contribution in [3.05, 3.63) is 30.5 Å². The molecule has 15 heavy (non-hydrogen) atoms. The van der Waals surface area contributed by atoms with Crippen LogP contribution >= 0.6 is 0 Å². The Labute approximate surface area is 86.7 Å². The molecule has 0 aliphatic heterocycles. The summed E-state index contributed by atoms with van der Waals surface area (Å²) >= 11 is 0. The molecule has 1 aromatic carbocycles. The SMILES string of the molecule is NC(=O)C(N)Cn1ncc2ccccc21. The zero-order chi connectivity index (χ0) is 10.8. The maximum Gasteiger partial charge on any atom is 0.236 e. The number of amides is 1. The number of fused-ring (bicyclic) bond motifs is 1. The number of hydrogen-bond donors (Lipinski definition) is 2. The third-order valence-electron chi connectivity index (χ3n) is 2.29. The van der Waals surface area contributed by atoms with E-state index < -0.39 is 11.9 Å². The van der Waals surface area contributed by atoms with Gasteiger partial charge in [-0.05, 0) is 6.07 Å². The van der Waals surface area contributed by atoms with Gasteiger partial charge in [0.25, 0.3) is 0 Å². The third-order valence-corrected chi connectivity index (χ3v) is 2.29. The highest BCUT2D eigenvalue weighted by atomic mass is 16.1. The highest BCUT2D eigenvalue weighted by Gasteiger charge is 2.11. The second kappa shape index (κ2) is 3.70. The minimum atomic E-state index is -0.701. The molecule has 0 saturated heterocycles. The number of nitrogens with zero attached hydrogens (tertiary/aromatic N) is 2. The molecule has 0 fully saturated rings. The number of benzene rings is 1. The van der Waals surface area contributed by atoms with Crippen molar-refractivity contribution in [2.24, 2.45) is 11.5 Å². The minimum absolute atomic E-state index is 0.308. The summed E-state index contributed by atoms with van der Waals surface area (Å²) in [6, 6.07) is 7.02. The number of carbonyl (C=O) groups is 1. The molecule has 0 aliphatic carbocycles. The Morgan fingerprint density at radius 3 is 2.93 bits per heavy atom. The van der Waals surface area contributed by atoms with Crippen LogP contribution in [0.3, 0.4) is 0 Å². The first-order valence-electron chi connectivity index (χ1n) is 4.64. The molecule has 1 aromatic heterocycles. The summed E-state index contributed by atoms with van der Waals surface area (Å²) in [5.41, 5.74) is 11.6. The first kappa shape index (κ1) is 9.67. The van der Waals surface area contributed by atoms with Gasteiger partial charge in [0.05, 0.1) is 18.3 Å². The van der Waals surface area contributed by atoms with Crippen LogP contribution in [0.15, 0.2) is 30.5 Å². The van der Waals surface area contributed by atoms with Crippen molar-refractivity contribution in [3.63, 3.8) is 0 Å². The fourth-order valence-corrected chi connectivity index (χ4v) is 1.45. The lowest BCUT2D eigenvalue weighted by Gasteiger charge is -2.08. The molecule has 5 heteroatoms. The Hall–Kier alpha value is -1.88. The largest absolute Gasteiger partial charge is 0.368 e. The molecular formula is C10H12N4O. The number of nitrogens with two attached hydrogens (primary N) is 2. The lowest BCUT2D eigenvalue weighted by Crippen LogP contribution is -2.40. The molecule has 1 atom stereocenters. The summed E-state index contributed by atoms with van der Waals surface area (Å²) in [4.78, 5) is 10.8. The van der Waals surface area contributed by atoms with Crippen LogP contribution < -0.4 is 11.5 Å². The maximum absolute atomic E-state index is 10.8. The van der Waals surface area contributed by atoms with Crippen LogP contribution in [0.1, 0.15) is 0 Å². The molecule has 1 amide bonds. The van der Waals surface area contributed by atoms with Crippen molar-refractivity contribution in [3.8, 4) is 0 Å². The predicted octanol–water partition coefficient (Wildman–Crippen LogP) is -0.151. The van der Waals surface area contributed by atoms with Crippen LogP contribution in [0.4, 0.5) is 0 Å². The molecule has 0 saturated carbocycles. The average Bonchev–Trinajstić information content (AvgIpc) is 2.62. The average molecular weight is 204 g/mol. The van der Waals surface area contributed by atoms with E-state index in [2.05, 4.69) is 5.10 Å². The van der Waals surface area contributed by atoms with E-state index in [-0.39, 0.29) is 0 Å². The number of hydrogen-bond acceptors (Lipinski definition) is 3. The monoisotopic (exact) mass is 204 g/mol. The van der Waals surface area contributed by atoms with Gasteiger partial charge in [-0.15, -0.1) is 0 Å². The normalized spacial score (nSPS) is 12.9. The minimum Gasteiger partial charge on any atom is -0.368 e. The molecule has 4 N–H and O–H groups in total. The number of primary amides is 1. The molecule has 2 rings (SSSR count). The van der Waals surface area contributed by atoms with Gasteiger partial charge in [0.2, 0.25) is 5.91 Å². The van der Waals surface area contributed by atoms with E-state index in [1.54, 1.807) is 10.9 Å². The fourth-order valence-electron chi connectivity index (χ4n) is 1.45. The van der Waals surface area contributed by atoms with E-state index in [0.29, 0.717) is 6.54 Å². The summed E-state index contributed by atoms with van der Waals surface area (Å²) in [7, 11) is 0. The third kappa shape index (κ3) is 1.82. The Bertz CT molecular complexity index is 491. The summed E-state index contributed by atoms with van der Waals surface area (Å²) in [6.45, 7) is 0.308. The van der Waals surface area contributed by atoms with Gasteiger partial charge >= 0.3 is 0 Å². The first-order valence-corrected chi connectivity index (χ1v) is 4.64. The molecule has 5 nitrogen and oxygen atoms in total. The lowest BCUT2D eigenvalue weighted by molar-refractivity contribution is -0.119. The van der Waals surface area contributed by atoms with Crippen LogP contribution in [-0.4, -0.2) is 21.7 Å². The second-order valence-electron chi connectivity index (χ2n) is 3.39. The molecule has 0 bridgehead atoms. The Balaban J connectivity index is 2.32. The molecule has 78 valence electrons. The van der Waals surface area contributed by atoms with Crippen molar-refractivity contribution in [2.75, 3.05) is 0 Å². The molecule has 2 aromatic rings. The van der Waals surface area contributed by atoms with Gasteiger partial charge in [0, 0.05) is 5.39 Å². The summed E-state index contributed by atoms with van der Waals surface area (Å²) in [5, 5.41) is 5.17. The smallest absolute Gasteiger partial charge is 0.236 e. The molecular weight excluding hydrogens is 192 g/mol. The van der Waals surface area contributed by atoms with E-state index in [1.807, 2.05) is 24.3 Å². The summed E-state index contributed by atoms with van der Waals surface area (Å²) < 4.78 is 1.69. The number of rotatable bonds is 3. The van der Waals surface area contributed by atoms with Gasteiger partial charge in [-0.1, -0.05) is 18.2 Å². The number of carbonyl (C=O) groups excluding carboxylic acids is 1. The topological polar surface area (TPSA) is 86.9 Å². The van der Waals surface area contributed by atoms with Gasteiger partial charge in [0.1, 0.15) is 6.04 Å². The van der Waals surface area contributed by atoms with Crippen molar-refractivity contribution in [1.82, 2.24) is 9.78 Å². The van der Waals surface area contributed by atoms with Crippen molar-refractivity contribution >= 4 is 16.8 Å². The summed E-state index contributed by atoms with van der Waals surface area (Å²) in [6.07, 6.45) is 1.74. The second-order valence-corrected chi connectivity index (χ2v) is 3.39. The standard InChI is InChI=1S/C10H12N4O/c11-8(10(12)15)6-14-9-4-2-1-3-7(9)5-13-14/h1-5,8H,6,11H2,(H2,12,15). The number of aromatic nitrogens is 2. The van der Waals surface area contributed by atoms with Crippen LogP contribution in [0, 0.1) is 0 Å². The van der Waals surface area contributed by atoms with E-state index in [0.717, 1.165) is 10.9 Å². The van der Waals surface area contributed by atoms with Crippen LogP contribution in [-0.2, 0) is 11.3 Å². The van der Waals surface area contributed by atoms with E-state index in [4.69, 9.17) is 11.5 Å². The Kier molecular flexibility index (Phi) is 2.39. The van der Waals surface area contributed by atoms with Gasteiger partial charge in [-0.25, -0.2) is 0 Å². The van der Waals surface area contributed by atoms with E-state index in [1.165, 1.54) is 0 Å². The fraction of sp³-hybridized carbons (Fsp3) is 0.200. The quantitative estimate of drug-likeness (QED) is 0.728. The Morgan fingerprint density at radius 2 is 2.20 bits per heavy atom.